The van der Waals surface area contributed by atoms with Crippen LogP contribution in [0.15, 0.2) is 28.9 Å². The standard InChI is InChI=1S/C15H20O/c1-10-8-13-9-15(3,11(10)2)6-4-12-5-7-16-14(12)13/h5,7,10,13H,2,4,6,8-9H2,1,3H3. The smallest absolute Gasteiger partial charge is 0.110 e. The third-order valence-corrected chi connectivity index (χ3v) is 4.80. The first-order valence-corrected chi connectivity index (χ1v) is 6.36. The number of hydrogen-bond donors (Lipinski definition) is 0. The summed E-state index contributed by atoms with van der Waals surface area (Å²) in [6.07, 6.45) is 6.71. The molecule has 1 nitrogen and oxygen atoms in total. The molecule has 3 atom stereocenters. The van der Waals surface area contributed by atoms with Crippen LogP contribution in [0.4, 0.5) is 0 Å². The van der Waals surface area contributed by atoms with E-state index in [0.717, 1.165) is 6.42 Å². The van der Waals surface area contributed by atoms with Crippen molar-refractivity contribution in [2.24, 2.45) is 11.3 Å². The molecule has 0 amide bonds. The van der Waals surface area contributed by atoms with E-state index in [2.05, 4.69) is 26.5 Å². The summed E-state index contributed by atoms with van der Waals surface area (Å²) in [5.74, 6) is 2.53. The Morgan fingerprint density at radius 3 is 3.12 bits per heavy atom. The summed E-state index contributed by atoms with van der Waals surface area (Å²) >= 11 is 0. The lowest BCUT2D eigenvalue weighted by molar-refractivity contribution is 0.218. The molecule has 1 aromatic rings. The van der Waals surface area contributed by atoms with Crippen molar-refractivity contribution in [2.45, 2.75) is 45.4 Å². The quantitative estimate of drug-likeness (QED) is 0.589. The topological polar surface area (TPSA) is 13.1 Å². The van der Waals surface area contributed by atoms with E-state index in [1.807, 2.05) is 6.26 Å². The highest BCUT2D eigenvalue weighted by Gasteiger charge is 2.42. The second-order valence-corrected chi connectivity index (χ2v) is 5.93. The van der Waals surface area contributed by atoms with Crippen LogP contribution in [0.1, 0.15) is 50.4 Å². The van der Waals surface area contributed by atoms with Crippen LogP contribution in [-0.4, -0.2) is 0 Å². The molecule has 0 saturated heterocycles. The van der Waals surface area contributed by atoms with Gasteiger partial charge >= 0.3 is 0 Å². The first-order chi connectivity index (χ1) is 7.60. The average Bonchev–Trinajstić information content (AvgIpc) is 2.67. The highest BCUT2D eigenvalue weighted by Crippen LogP contribution is 2.54. The van der Waals surface area contributed by atoms with Gasteiger partial charge < -0.3 is 4.42 Å². The van der Waals surface area contributed by atoms with Gasteiger partial charge in [-0.2, -0.15) is 0 Å². The molecule has 0 radical (unpaired) electrons. The fourth-order valence-electron chi connectivity index (χ4n) is 3.71. The van der Waals surface area contributed by atoms with Gasteiger partial charge in [0, 0.05) is 5.92 Å². The lowest BCUT2D eigenvalue weighted by atomic mass is 9.63. The van der Waals surface area contributed by atoms with Crippen LogP contribution in [-0.2, 0) is 6.42 Å². The van der Waals surface area contributed by atoms with Gasteiger partial charge in [0.2, 0.25) is 0 Å². The summed E-state index contributed by atoms with van der Waals surface area (Å²) < 4.78 is 5.72. The zero-order valence-electron chi connectivity index (χ0n) is 10.3. The van der Waals surface area contributed by atoms with Crippen LogP contribution in [0.3, 0.4) is 0 Å². The summed E-state index contributed by atoms with van der Waals surface area (Å²) in [7, 11) is 0. The van der Waals surface area contributed by atoms with Crippen molar-refractivity contribution in [1.82, 2.24) is 0 Å². The van der Waals surface area contributed by atoms with Gasteiger partial charge in [-0.25, -0.2) is 0 Å². The molecule has 2 aliphatic carbocycles. The lowest BCUT2D eigenvalue weighted by Gasteiger charge is -2.41. The number of rotatable bonds is 0. The van der Waals surface area contributed by atoms with Crippen molar-refractivity contribution < 1.29 is 4.42 Å². The van der Waals surface area contributed by atoms with Crippen molar-refractivity contribution in [2.75, 3.05) is 0 Å². The number of allylic oxidation sites excluding steroid dienone is 1. The normalized spacial score (nSPS) is 38.0. The summed E-state index contributed by atoms with van der Waals surface area (Å²) in [6.45, 7) is 9.06. The van der Waals surface area contributed by atoms with E-state index in [-0.39, 0.29) is 0 Å². The Morgan fingerprint density at radius 1 is 1.50 bits per heavy atom. The molecule has 0 N–H and O–H groups in total. The molecule has 1 heterocycles. The highest BCUT2D eigenvalue weighted by molar-refractivity contribution is 5.30. The molecule has 0 aliphatic heterocycles. The lowest BCUT2D eigenvalue weighted by Crippen LogP contribution is -2.30. The molecule has 1 fully saturated rings. The number of hydrogen-bond acceptors (Lipinski definition) is 1. The molecule has 0 aromatic carbocycles. The Labute approximate surface area is 97.5 Å². The Hall–Kier alpha value is -0.980. The fraction of sp³-hybridized carbons (Fsp3) is 0.600. The van der Waals surface area contributed by atoms with E-state index >= 15 is 0 Å². The van der Waals surface area contributed by atoms with Crippen molar-refractivity contribution in [1.29, 1.82) is 0 Å². The van der Waals surface area contributed by atoms with Crippen LogP contribution < -0.4 is 0 Å². The molecule has 1 saturated carbocycles. The molecular weight excluding hydrogens is 196 g/mol. The molecule has 0 spiro atoms. The SMILES string of the molecule is C=C1C(C)CC2CC1(C)CCc1ccoc12. The Kier molecular flexibility index (Phi) is 2.07. The predicted octanol–water partition coefficient (Wildman–Crippen LogP) is 4.30. The van der Waals surface area contributed by atoms with Gasteiger partial charge in [-0.3, -0.25) is 0 Å². The minimum Gasteiger partial charge on any atom is -0.469 e. The van der Waals surface area contributed by atoms with E-state index in [9.17, 15) is 0 Å². The highest BCUT2D eigenvalue weighted by atomic mass is 16.3. The van der Waals surface area contributed by atoms with Crippen LogP contribution in [0.25, 0.3) is 0 Å². The molecule has 1 aromatic heterocycles. The van der Waals surface area contributed by atoms with Crippen LogP contribution in [0, 0.1) is 11.3 Å². The number of aryl methyl sites for hydroxylation is 1. The second-order valence-electron chi connectivity index (χ2n) is 5.93. The Bertz CT molecular complexity index is 428. The molecular formula is C15H20O. The molecule has 2 aliphatic rings. The summed E-state index contributed by atoms with van der Waals surface area (Å²) in [5.41, 5.74) is 3.24. The predicted molar refractivity (Wildman–Crippen MR) is 65.4 cm³/mol. The molecule has 86 valence electrons. The van der Waals surface area contributed by atoms with Gasteiger partial charge in [0.1, 0.15) is 5.76 Å². The molecule has 3 unspecified atom stereocenters. The number of fused-ring (bicyclic) bond motifs is 4. The van der Waals surface area contributed by atoms with Gasteiger partial charge in [-0.1, -0.05) is 26.0 Å². The van der Waals surface area contributed by atoms with Gasteiger partial charge in [-0.15, -0.1) is 0 Å². The van der Waals surface area contributed by atoms with Gasteiger partial charge in [0.05, 0.1) is 6.26 Å². The van der Waals surface area contributed by atoms with Gasteiger partial charge in [0.15, 0.2) is 0 Å². The summed E-state index contributed by atoms with van der Waals surface area (Å²) in [4.78, 5) is 0. The van der Waals surface area contributed by atoms with Gasteiger partial charge in [-0.05, 0) is 48.6 Å². The maximum Gasteiger partial charge on any atom is 0.110 e. The third-order valence-electron chi connectivity index (χ3n) is 4.80. The van der Waals surface area contributed by atoms with Crippen molar-refractivity contribution in [3.63, 3.8) is 0 Å². The number of furan rings is 1. The molecule has 16 heavy (non-hydrogen) atoms. The first-order valence-electron chi connectivity index (χ1n) is 6.36. The second kappa shape index (κ2) is 3.26. The van der Waals surface area contributed by atoms with Crippen LogP contribution in [0.5, 0.6) is 0 Å². The fourth-order valence-corrected chi connectivity index (χ4v) is 3.71. The molecule has 1 heteroatoms. The minimum absolute atomic E-state index is 0.337. The van der Waals surface area contributed by atoms with Crippen molar-refractivity contribution in [3.8, 4) is 0 Å². The minimum atomic E-state index is 0.337. The zero-order valence-corrected chi connectivity index (χ0v) is 10.3. The van der Waals surface area contributed by atoms with E-state index in [1.54, 1.807) is 0 Å². The maximum absolute atomic E-state index is 5.72. The van der Waals surface area contributed by atoms with Crippen molar-refractivity contribution >= 4 is 0 Å². The summed E-state index contributed by atoms with van der Waals surface area (Å²) in [6, 6.07) is 2.16. The zero-order chi connectivity index (χ0) is 11.3. The third kappa shape index (κ3) is 1.30. The average molecular weight is 216 g/mol. The van der Waals surface area contributed by atoms with Crippen LogP contribution >= 0.6 is 0 Å². The van der Waals surface area contributed by atoms with E-state index in [1.165, 1.54) is 36.2 Å². The van der Waals surface area contributed by atoms with Gasteiger partial charge in [0.25, 0.3) is 0 Å². The monoisotopic (exact) mass is 216 g/mol. The van der Waals surface area contributed by atoms with Crippen molar-refractivity contribution in [3.05, 3.63) is 35.8 Å². The van der Waals surface area contributed by atoms with E-state index < -0.39 is 0 Å². The first kappa shape index (κ1) is 10.2. The maximum atomic E-state index is 5.72. The molecule has 3 rings (SSSR count). The Balaban J connectivity index is 2.05. The summed E-state index contributed by atoms with van der Waals surface area (Å²) in [5, 5.41) is 0. The largest absolute Gasteiger partial charge is 0.469 e. The van der Waals surface area contributed by atoms with E-state index in [0.29, 0.717) is 17.3 Å². The molecule has 2 bridgehead atoms. The Morgan fingerprint density at radius 2 is 2.31 bits per heavy atom. The van der Waals surface area contributed by atoms with Crippen LogP contribution in [0.2, 0.25) is 0 Å². The van der Waals surface area contributed by atoms with E-state index in [4.69, 9.17) is 4.42 Å².